The fraction of sp³-hybridized carbons (Fsp3) is 0.333. The molecular weight excluding hydrogens is 260 g/mol. The maximum atomic E-state index is 5.48. The van der Waals surface area contributed by atoms with Gasteiger partial charge in [0, 0.05) is 11.6 Å². The fourth-order valence-electron chi connectivity index (χ4n) is 2.90. The number of pyridine rings is 1. The molecular formula is C18H18N2O. The topological polar surface area (TPSA) is 38.9 Å². The van der Waals surface area contributed by atoms with Crippen LogP contribution in [0, 0.1) is 6.92 Å². The molecule has 0 bridgehead atoms. The normalized spacial score (nSPS) is 14.7. The average Bonchev–Trinajstić information content (AvgIpc) is 3.27. The molecule has 0 amide bonds. The fourth-order valence-corrected chi connectivity index (χ4v) is 2.90. The first-order chi connectivity index (χ1) is 10.3. The van der Waals surface area contributed by atoms with Crippen molar-refractivity contribution < 1.29 is 4.52 Å². The Morgan fingerprint density at radius 1 is 1.14 bits per heavy atom. The van der Waals surface area contributed by atoms with E-state index in [0.717, 1.165) is 23.9 Å². The van der Waals surface area contributed by atoms with Crippen molar-refractivity contribution in [3.63, 3.8) is 0 Å². The second kappa shape index (κ2) is 4.99. The molecule has 0 atom stereocenters. The Hall–Kier alpha value is -2.16. The zero-order valence-electron chi connectivity index (χ0n) is 12.2. The third kappa shape index (κ3) is 2.44. The monoisotopic (exact) mass is 278 g/mol. The summed E-state index contributed by atoms with van der Waals surface area (Å²) >= 11 is 0. The van der Waals surface area contributed by atoms with Gasteiger partial charge in [-0.25, -0.2) is 4.98 Å². The lowest BCUT2D eigenvalue weighted by Gasteiger charge is -2.02. The first-order valence-electron chi connectivity index (χ1n) is 7.61. The van der Waals surface area contributed by atoms with E-state index in [4.69, 9.17) is 4.52 Å². The number of aromatic nitrogens is 2. The Morgan fingerprint density at radius 3 is 2.71 bits per heavy atom. The minimum atomic E-state index is 0.644. The van der Waals surface area contributed by atoms with Gasteiger partial charge in [0.2, 0.25) is 0 Å². The molecule has 0 aliphatic heterocycles. The molecule has 1 fully saturated rings. The molecule has 3 nitrogen and oxygen atoms in total. The van der Waals surface area contributed by atoms with Crippen molar-refractivity contribution in [3.8, 4) is 0 Å². The molecule has 0 unspecified atom stereocenters. The summed E-state index contributed by atoms with van der Waals surface area (Å²) in [5, 5.41) is 5.36. The maximum absolute atomic E-state index is 5.48. The van der Waals surface area contributed by atoms with Crippen LogP contribution >= 0.6 is 0 Å². The van der Waals surface area contributed by atoms with Gasteiger partial charge >= 0.3 is 0 Å². The lowest BCUT2D eigenvalue weighted by molar-refractivity contribution is 0.438. The third-order valence-corrected chi connectivity index (χ3v) is 4.22. The number of rotatable bonds is 4. The average molecular weight is 278 g/mol. The molecule has 4 rings (SSSR count). The number of hydrogen-bond donors (Lipinski definition) is 0. The van der Waals surface area contributed by atoms with Crippen LogP contribution in [-0.4, -0.2) is 10.1 Å². The van der Waals surface area contributed by atoms with E-state index in [-0.39, 0.29) is 0 Å². The van der Waals surface area contributed by atoms with Crippen LogP contribution in [0.5, 0.6) is 0 Å². The molecule has 1 aliphatic carbocycles. The molecule has 3 aromatic rings. The molecule has 0 saturated heterocycles. The molecule has 2 aromatic heterocycles. The van der Waals surface area contributed by atoms with E-state index in [1.807, 2.05) is 6.07 Å². The predicted octanol–water partition coefficient (Wildman–Crippen LogP) is 4.19. The summed E-state index contributed by atoms with van der Waals surface area (Å²) in [6.07, 6.45) is 4.38. The summed E-state index contributed by atoms with van der Waals surface area (Å²) in [5.74, 6) is 0.644. The number of hydrogen-bond acceptors (Lipinski definition) is 3. The summed E-state index contributed by atoms with van der Waals surface area (Å²) in [6, 6.07) is 12.7. The van der Waals surface area contributed by atoms with Gasteiger partial charge in [-0.05, 0) is 49.8 Å². The van der Waals surface area contributed by atoms with Crippen molar-refractivity contribution in [1.82, 2.24) is 10.1 Å². The SMILES string of the molecule is Cc1cc(C2CC2)nc2onc(CCc3ccccc3)c12. The number of fused-ring (bicyclic) bond motifs is 1. The molecule has 0 spiro atoms. The standard InChI is InChI=1S/C18H18N2O/c1-12-11-16(14-8-9-14)19-18-17(12)15(20-21-18)10-7-13-5-3-2-4-6-13/h2-6,11,14H,7-10H2,1H3. The van der Waals surface area contributed by atoms with Crippen LogP contribution < -0.4 is 0 Å². The largest absolute Gasteiger partial charge is 0.336 e. The van der Waals surface area contributed by atoms with Crippen LogP contribution in [0.4, 0.5) is 0 Å². The van der Waals surface area contributed by atoms with E-state index < -0.39 is 0 Å². The second-order valence-electron chi connectivity index (χ2n) is 5.93. The van der Waals surface area contributed by atoms with Gasteiger partial charge < -0.3 is 4.52 Å². The zero-order chi connectivity index (χ0) is 14.2. The smallest absolute Gasteiger partial charge is 0.258 e. The van der Waals surface area contributed by atoms with Crippen molar-refractivity contribution in [2.45, 2.75) is 38.5 Å². The van der Waals surface area contributed by atoms with Crippen LogP contribution in [0.15, 0.2) is 40.9 Å². The lowest BCUT2D eigenvalue weighted by atomic mass is 10.0. The van der Waals surface area contributed by atoms with Gasteiger partial charge in [0.25, 0.3) is 5.71 Å². The van der Waals surface area contributed by atoms with Gasteiger partial charge in [0.05, 0.1) is 11.1 Å². The Morgan fingerprint density at radius 2 is 1.95 bits per heavy atom. The summed E-state index contributed by atoms with van der Waals surface area (Å²) in [4.78, 5) is 4.64. The van der Waals surface area contributed by atoms with Crippen LogP contribution in [0.2, 0.25) is 0 Å². The maximum Gasteiger partial charge on any atom is 0.258 e. The highest BCUT2D eigenvalue weighted by atomic mass is 16.5. The number of benzene rings is 1. The second-order valence-corrected chi connectivity index (χ2v) is 5.93. The third-order valence-electron chi connectivity index (χ3n) is 4.22. The summed E-state index contributed by atoms with van der Waals surface area (Å²) in [6.45, 7) is 2.14. The van der Waals surface area contributed by atoms with Crippen LogP contribution in [0.25, 0.3) is 11.1 Å². The van der Waals surface area contributed by atoms with Crippen LogP contribution in [0.3, 0.4) is 0 Å². The van der Waals surface area contributed by atoms with Gasteiger partial charge in [-0.3, -0.25) is 0 Å². The first kappa shape index (κ1) is 12.6. The summed E-state index contributed by atoms with van der Waals surface area (Å²) < 4.78 is 5.48. The molecule has 21 heavy (non-hydrogen) atoms. The Bertz CT molecular complexity index is 773. The van der Waals surface area contributed by atoms with E-state index >= 15 is 0 Å². The molecule has 2 heterocycles. The van der Waals surface area contributed by atoms with Crippen molar-refractivity contribution in [2.75, 3.05) is 0 Å². The Labute approximate surface area is 124 Å². The minimum absolute atomic E-state index is 0.644. The Balaban J connectivity index is 1.63. The Kier molecular flexibility index (Phi) is 2.99. The molecule has 3 heteroatoms. The van der Waals surface area contributed by atoms with Gasteiger partial charge in [0.1, 0.15) is 0 Å². The molecule has 106 valence electrons. The van der Waals surface area contributed by atoms with Gasteiger partial charge in [-0.1, -0.05) is 35.5 Å². The van der Waals surface area contributed by atoms with E-state index in [1.165, 1.54) is 29.7 Å². The highest BCUT2D eigenvalue weighted by molar-refractivity contribution is 5.80. The van der Waals surface area contributed by atoms with E-state index in [0.29, 0.717) is 11.6 Å². The minimum Gasteiger partial charge on any atom is -0.336 e. The van der Waals surface area contributed by atoms with E-state index in [2.05, 4.69) is 47.4 Å². The van der Waals surface area contributed by atoms with Gasteiger partial charge in [-0.15, -0.1) is 0 Å². The number of nitrogens with zero attached hydrogens (tertiary/aromatic N) is 2. The molecule has 0 N–H and O–H groups in total. The van der Waals surface area contributed by atoms with Crippen molar-refractivity contribution in [3.05, 3.63) is 58.9 Å². The van der Waals surface area contributed by atoms with Gasteiger partial charge in [0.15, 0.2) is 0 Å². The van der Waals surface area contributed by atoms with E-state index in [1.54, 1.807) is 0 Å². The lowest BCUT2D eigenvalue weighted by Crippen LogP contribution is -1.94. The summed E-state index contributed by atoms with van der Waals surface area (Å²) in [5.41, 5.74) is 5.48. The zero-order valence-corrected chi connectivity index (χ0v) is 12.2. The van der Waals surface area contributed by atoms with Crippen molar-refractivity contribution in [2.24, 2.45) is 0 Å². The van der Waals surface area contributed by atoms with Crippen molar-refractivity contribution >= 4 is 11.1 Å². The molecule has 1 aliphatic rings. The predicted molar refractivity (Wildman–Crippen MR) is 82.4 cm³/mol. The highest BCUT2D eigenvalue weighted by Gasteiger charge is 2.26. The number of aryl methyl sites for hydroxylation is 3. The quantitative estimate of drug-likeness (QED) is 0.718. The van der Waals surface area contributed by atoms with Crippen molar-refractivity contribution in [1.29, 1.82) is 0 Å². The molecule has 1 aromatic carbocycles. The molecule has 0 radical (unpaired) electrons. The summed E-state index contributed by atoms with van der Waals surface area (Å²) in [7, 11) is 0. The van der Waals surface area contributed by atoms with Crippen LogP contribution in [-0.2, 0) is 12.8 Å². The molecule has 1 saturated carbocycles. The van der Waals surface area contributed by atoms with E-state index in [9.17, 15) is 0 Å². The highest BCUT2D eigenvalue weighted by Crippen LogP contribution is 2.40. The first-order valence-corrected chi connectivity index (χ1v) is 7.61. The van der Waals surface area contributed by atoms with Crippen LogP contribution in [0.1, 0.15) is 41.3 Å². The van der Waals surface area contributed by atoms with Gasteiger partial charge in [-0.2, -0.15) is 0 Å².